The Labute approximate surface area is 184 Å². The van der Waals surface area contributed by atoms with Gasteiger partial charge in [-0.15, -0.1) is 10.2 Å². The third-order valence-corrected chi connectivity index (χ3v) is 6.21. The molecule has 1 aromatic carbocycles. The summed E-state index contributed by atoms with van der Waals surface area (Å²) >= 11 is 1.29. The lowest BCUT2D eigenvalue weighted by atomic mass is 10.0. The SMILES string of the molecule is COc1ccc(-n2c(SCC(=O)NC3(C#N)CCCC3)nnc2-c2ccncc2)cc1. The zero-order valence-corrected chi connectivity index (χ0v) is 17.9. The van der Waals surface area contributed by atoms with E-state index in [4.69, 9.17) is 4.74 Å². The first-order valence-electron chi connectivity index (χ1n) is 9.99. The number of ether oxygens (including phenoxy) is 1. The van der Waals surface area contributed by atoms with E-state index >= 15 is 0 Å². The Hall–Kier alpha value is -3.38. The van der Waals surface area contributed by atoms with Gasteiger partial charge in [-0.3, -0.25) is 14.3 Å². The molecule has 0 saturated heterocycles. The summed E-state index contributed by atoms with van der Waals surface area (Å²) in [4.78, 5) is 16.6. The van der Waals surface area contributed by atoms with Crippen LogP contribution in [-0.4, -0.2) is 44.1 Å². The highest BCUT2D eigenvalue weighted by Gasteiger charge is 2.35. The van der Waals surface area contributed by atoms with Crippen molar-refractivity contribution >= 4 is 17.7 Å². The van der Waals surface area contributed by atoms with Crippen LogP contribution in [0.4, 0.5) is 0 Å². The molecule has 0 atom stereocenters. The molecule has 8 nitrogen and oxygen atoms in total. The maximum absolute atomic E-state index is 12.6. The Bertz CT molecular complexity index is 1090. The van der Waals surface area contributed by atoms with Gasteiger partial charge in [0.25, 0.3) is 0 Å². The lowest BCUT2D eigenvalue weighted by Gasteiger charge is -2.21. The van der Waals surface area contributed by atoms with E-state index < -0.39 is 5.54 Å². The van der Waals surface area contributed by atoms with Gasteiger partial charge < -0.3 is 10.1 Å². The van der Waals surface area contributed by atoms with Crippen molar-refractivity contribution in [1.29, 1.82) is 5.26 Å². The molecule has 0 spiro atoms. The second-order valence-corrected chi connectivity index (χ2v) is 8.26. The van der Waals surface area contributed by atoms with Crippen LogP contribution in [0.3, 0.4) is 0 Å². The summed E-state index contributed by atoms with van der Waals surface area (Å²) in [7, 11) is 1.62. The predicted molar refractivity (Wildman–Crippen MR) is 117 cm³/mol. The number of methoxy groups -OCH3 is 1. The molecule has 1 aliphatic rings. The highest BCUT2D eigenvalue weighted by Crippen LogP contribution is 2.31. The molecule has 31 heavy (non-hydrogen) atoms. The van der Waals surface area contributed by atoms with Crippen molar-refractivity contribution in [2.75, 3.05) is 12.9 Å². The van der Waals surface area contributed by atoms with Crippen LogP contribution in [-0.2, 0) is 4.79 Å². The quantitative estimate of drug-likeness (QED) is 0.568. The molecule has 2 aromatic heterocycles. The number of rotatable bonds is 7. The van der Waals surface area contributed by atoms with Crippen LogP contribution < -0.4 is 10.1 Å². The Kier molecular flexibility index (Phi) is 6.18. The number of hydrogen-bond donors (Lipinski definition) is 1. The van der Waals surface area contributed by atoms with Crippen LogP contribution in [0.15, 0.2) is 53.9 Å². The summed E-state index contributed by atoms with van der Waals surface area (Å²) in [5, 5.41) is 21.7. The molecule has 4 rings (SSSR count). The fraction of sp³-hybridized carbons (Fsp3) is 0.318. The Morgan fingerprint density at radius 3 is 2.55 bits per heavy atom. The molecule has 1 fully saturated rings. The molecule has 3 aromatic rings. The zero-order chi connectivity index (χ0) is 21.7. The maximum atomic E-state index is 12.6. The normalized spacial score (nSPS) is 14.7. The number of nitrogens with one attached hydrogen (secondary N) is 1. The predicted octanol–water partition coefficient (Wildman–Crippen LogP) is 3.38. The van der Waals surface area contributed by atoms with Gasteiger partial charge in [0.1, 0.15) is 11.3 Å². The van der Waals surface area contributed by atoms with Crippen LogP contribution in [0.5, 0.6) is 5.75 Å². The molecule has 0 radical (unpaired) electrons. The third-order valence-electron chi connectivity index (χ3n) is 5.28. The minimum Gasteiger partial charge on any atom is -0.497 e. The van der Waals surface area contributed by atoms with E-state index in [1.54, 1.807) is 19.5 Å². The summed E-state index contributed by atoms with van der Waals surface area (Å²) in [5.41, 5.74) is 0.984. The van der Waals surface area contributed by atoms with Crippen LogP contribution in [0.2, 0.25) is 0 Å². The second kappa shape index (κ2) is 9.18. The second-order valence-electron chi connectivity index (χ2n) is 7.31. The smallest absolute Gasteiger partial charge is 0.231 e. The maximum Gasteiger partial charge on any atom is 0.231 e. The number of nitriles is 1. The lowest BCUT2D eigenvalue weighted by molar-refractivity contribution is -0.119. The highest BCUT2D eigenvalue weighted by molar-refractivity contribution is 7.99. The minimum atomic E-state index is -0.733. The molecule has 0 aliphatic heterocycles. The van der Waals surface area contributed by atoms with Crippen molar-refractivity contribution in [2.45, 2.75) is 36.4 Å². The fourth-order valence-electron chi connectivity index (χ4n) is 3.69. The van der Waals surface area contributed by atoms with Gasteiger partial charge >= 0.3 is 0 Å². The van der Waals surface area contributed by atoms with Gasteiger partial charge in [-0.1, -0.05) is 11.8 Å². The molecule has 1 aliphatic carbocycles. The van der Waals surface area contributed by atoms with Crippen LogP contribution in [0, 0.1) is 11.3 Å². The Morgan fingerprint density at radius 2 is 1.90 bits per heavy atom. The van der Waals surface area contributed by atoms with Crippen LogP contribution >= 0.6 is 11.8 Å². The number of amides is 1. The van der Waals surface area contributed by atoms with E-state index in [0.29, 0.717) is 23.8 Å². The van der Waals surface area contributed by atoms with Crippen molar-refractivity contribution in [3.8, 4) is 28.9 Å². The first-order chi connectivity index (χ1) is 15.1. The van der Waals surface area contributed by atoms with E-state index in [0.717, 1.165) is 29.8 Å². The van der Waals surface area contributed by atoms with E-state index in [9.17, 15) is 10.1 Å². The van der Waals surface area contributed by atoms with Gasteiger partial charge in [0.15, 0.2) is 11.0 Å². The third kappa shape index (κ3) is 4.54. The van der Waals surface area contributed by atoms with Gasteiger partial charge in [-0.05, 0) is 62.1 Å². The van der Waals surface area contributed by atoms with E-state index in [-0.39, 0.29) is 11.7 Å². The summed E-state index contributed by atoms with van der Waals surface area (Å²) in [5.74, 6) is 1.37. The van der Waals surface area contributed by atoms with Crippen LogP contribution in [0.25, 0.3) is 17.1 Å². The minimum absolute atomic E-state index is 0.147. The van der Waals surface area contributed by atoms with Gasteiger partial charge in [0, 0.05) is 23.6 Å². The van der Waals surface area contributed by atoms with Crippen LogP contribution in [0.1, 0.15) is 25.7 Å². The molecular weight excluding hydrogens is 412 g/mol. The van der Waals surface area contributed by atoms with Gasteiger partial charge in [-0.25, -0.2) is 0 Å². The van der Waals surface area contributed by atoms with E-state index in [1.165, 1.54) is 11.8 Å². The number of benzene rings is 1. The molecule has 2 heterocycles. The number of thioether (sulfide) groups is 1. The molecule has 0 unspecified atom stereocenters. The van der Waals surface area contributed by atoms with Crippen molar-refractivity contribution in [3.05, 3.63) is 48.8 Å². The first kappa shape index (κ1) is 20.9. The van der Waals surface area contributed by atoms with E-state index in [1.807, 2.05) is 41.0 Å². The van der Waals surface area contributed by atoms with Gasteiger partial charge in [-0.2, -0.15) is 5.26 Å². The first-order valence-corrected chi connectivity index (χ1v) is 11.0. The summed E-state index contributed by atoms with van der Waals surface area (Å²) in [6.07, 6.45) is 6.73. The van der Waals surface area contributed by atoms with E-state index in [2.05, 4.69) is 26.6 Å². The number of carbonyl (C=O) groups excluding carboxylic acids is 1. The van der Waals surface area contributed by atoms with Crippen molar-refractivity contribution in [2.24, 2.45) is 0 Å². The average molecular weight is 435 g/mol. The van der Waals surface area contributed by atoms with Gasteiger partial charge in [0.05, 0.1) is 18.9 Å². The standard InChI is InChI=1S/C22H22N6O2S/c1-30-18-6-4-17(5-7-18)28-20(16-8-12-24-13-9-16)26-27-21(28)31-14-19(29)25-22(15-23)10-2-3-11-22/h4-9,12-13H,2-3,10-11,14H2,1H3,(H,25,29). The zero-order valence-electron chi connectivity index (χ0n) is 17.1. The number of carbonyl (C=O) groups is 1. The molecular formula is C22H22N6O2S. The number of nitrogens with zero attached hydrogens (tertiary/aromatic N) is 5. The average Bonchev–Trinajstić information content (AvgIpc) is 3.46. The Balaban J connectivity index is 1.59. The molecule has 1 N–H and O–H groups in total. The number of pyridine rings is 1. The largest absolute Gasteiger partial charge is 0.497 e. The lowest BCUT2D eigenvalue weighted by Crippen LogP contribution is -2.45. The van der Waals surface area contributed by atoms with Crippen molar-refractivity contribution < 1.29 is 9.53 Å². The fourth-order valence-corrected chi connectivity index (χ4v) is 4.44. The molecule has 158 valence electrons. The molecule has 1 amide bonds. The van der Waals surface area contributed by atoms with Crippen molar-refractivity contribution in [3.63, 3.8) is 0 Å². The molecule has 1 saturated carbocycles. The monoisotopic (exact) mass is 434 g/mol. The number of hydrogen-bond acceptors (Lipinski definition) is 7. The van der Waals surface area contributed by atoms with Crippen molar-refractivity contribution in [1.82, 2.24) is 25.1 Å². The molecule has 9 heteroatoms. The summed E-state index contributed by atoms with van der Waals surface area (Å²) in [6, 6.07) is 13.6. The summed E-state index contributed by atoms with van der Waals surface area (Å²) in [6.45, 7) is 0. The highest BCUT2D eigenvalue weighted by atomic mass is 32.2. The Morgan fingerprint density at radius 1 is 1.19 bits per heavy atom. The number of aromatic nitrogens is 4. The topological polar surface area (TPSA) is 106 Å². The van der Waals surface area contributed by atoms with Gasteiger partial charge in [0.2, 0.25) is 5.91 Å². The summed E-state index contributed by atoms with van der Waals surface area (Å²) < 4.78 is 7.17. The molecule has 0 bridgehead atoms.